The van der Waals surface area contributed by atoms with Crippen molar-refractivity contribution >= 4 is 23.6 Å². The highest BCUT2D eigenvalue weighted by atomic mass is 16.5. The van der Waals surface area contributed by atoms with Gasteiger partial charge in [-0.3, -0.25) is 4.79 Å². The molecule has 0 aromatic heterocycles. The van der Waals surface area contributed by atoms with E-state index in [4.69, 9.17) is 4.74 Å². The van der Waals surface area contributed by atoms with Crippen molar-refractivity contribution in [2.24, 2.45) is 0 Å². The lowest BCUT2D eigenvalue weighted by Gasteiger charge is -2.26. The van der Waals surface area contributed by atoms with E-state index in [1.54, 1.807) is 4.90 Å². The van der Waals surface area contributed by atoms with Crippen LogP contribution in [0.4, 0.5) is 5.69 Å². The molecule has 0 spiro atoms. The highest BCUT2D eigenvalue weighted by Gasteiger charge is 2.20. The minimum absolute atomic E-state index is 0.134. The first-order chi connectivity index (χ1) is 13.5. The van der Waals surface area contributed by atoms with Crippen LogP contribution < -0.4 is 4.90 Å². The number of anilines is 1. The van der Waals surface area contributed by atoms with E-state index in [2.05, 4.69) is 6.08 Å². The second-order valence-electron chi connectivity index (χ2n) is 6.81. The maximum absolute atomic E-state index is 12.4. The molecule has 6 nitrogen and oxygen atoms in total. The number of nitriles is 1. The molecule has 148 valence electrons. The maximum Gasteiger partial charge on any atom is 0.349 e. The molecule has 6 heteroatoms. The fourth-order valence-corrected chi connectivity index (χ4v) is 3.06. The summed E-state index contributed by atoms with van der Waals surface area (Å²) in [7, 11) is 3.87. The molecule has 1 aromatic carbocycles. The van der Waals surface area contributed by atoms with Gasteiger partial charge < -0.3 is 14.5 Å². The summed E-state index contributed by atoms with van der Waals surface area (Å²) < 4.78 is 5.11. The molecule has 0 unspecified atom stereocenters. The van der Waals surface area contributed by atoms with E-state index in [1.165, 1.54) is 6.08 Å². The number of amides is 1. The second kappa shape index (κ2) is 10.3. The Bertz CT molecular complexity index is 801. The number of benzene rings is 1. The summed E-state index contributed by atoms with van der Waals surface area (Å²) in [4.78, 5) is 28.3. The monoisotopic (exact) mass is 381 g/mol. The van der Waals surface area contributed by atoms with Crippen LogP contribution >= 0.6 is 0 Å². The van der Waals surface area contributed by atoms with Crippen LogP contribution in [0.25, 0.3) is 6.08 Å². The first-order valence-electron chi connectivity index (χ1n) is 9.52. The van der Waals surface area contributed by atoms with Gasteiger partial charge in [-0.25, -0.2) is 4.79 Å². The number of ether oxygens (including phenoxy) is 1. The standard InChI is InChI=1S/C22H27N3O3/c1-4-25(20-8-6-5-7-9-20)21(26)16-28-22(27)18(15-23)14-17-10-12-19(13-11-17)24(2)3/h8,10-14H,4-7,9,16H2,1-3H3/b18-14+. The smallest absolute Gasteiger partial charge is 0.349 e. The van der Waals surface area contributed by atoms with Crippen molar-refractivity contribution in [2.75, 3.05) is 32.1 Å². The van der Waals surface area contributed by atoms with Gasteiger partial charge in [0.2, 0.25) is 0 Å². The summed E-state index contributed by atoms with van der Waals surface area (Å²) in [5, 5.41) is 9.29. The third kappa shape index (κ3) is 5.71. The molecule has 2 rings (SSSR count). The van der Waals surface area contributed by atoms with Gasteiger partial charge in [-0.1, -0.05) is 18.2 Å². The van der Waals surface area contributed by atoms with E-state index in [0.29, 0.717) is 12.1 Å². The summed E-state index contributed by atoms with van der Waals surface area (Å²) in [6.45, 7) is 2.05. The topological polar surface area (TPSA) is 73.6 Å². The average Bonchev–Trinajstić information content (AvgIpc) is 2.72. The molecule has 0 saturated heterocycles. The number of nitrogens with zero attached hydrogens (tertiary/aromatic N) is 3. The molecule has 0 heterocycles. The van der Waals surface area contributed by atoms with Gasteiger partial charge in [0.15, 0.2) is 6.61 Å². The summed E-state index contributed by atoms with van der Waals surface area (Å²) in [6, 6.07) is 9.29. The van der Waals surface area contributed by atoms with E-state index in [-0.39, 0.29) is 18.1 Å². The van der Waals surface area contributed by atoms with Crippen LogP contribution in [0.2, 0.25) is 0 Å². The second-order valence-corrected chi connectivity index (χ2v) is 6.81. The highest BCUT2D eigenvalue weighted by Crippen LogP contribution is 2.21. The van der Waals surface area contributed by atoms with Crippen LogP contribution in [0.3, 0.4) is 0 Å². The van der Waals surface area contributed by atoms with E-state index in [0.717, 1.165) is 37.1 Å². The Morgan fingerprint density at radius 1 is 1.21 bits per heavy atom. The van der Waals surface area contributed by atoms with Crippen LogP contribution in [0, 0.1) is 11.3 Å². The molecule has 0 atom stereocenters. The Labute approximate surface area is 166 Å². The van der Waals surface area contributed by atoms with Crippen molar-refractivity contribution in [3.05, 3.63) is 47.2 Å². The van der Waals surface area contributed by atoms with Crippen molar-refractivity contribution < 1.29 is 14.3 Å². The Hall–Kier alpha value is -3.07. The van der Waals surface area contributed by atoms with Gasteiger partial charge in [0.05, 0.1) is 0 Å². The van der Waals surface area contributed by atoms with Crippen LogP contribution in [0.5, 0.6) is 0 Å². The summed E-state index contributed by atoms with van der Waals surface area (Å²) in [5.41, 5.74) is 2.59. The van der Waals surface area contributed by atoms with Gasteiger partial charge in [-0.15, -0.1) is 0 Å². The van der Waals surface area contributed by atoms with Crippen molar-refractivity contribution in [3.8, 4) is 6.07 Å². The fraction of sp³-hybridized carbons (Fsp3) is 0.409. The number of hydrogen-bond donors (Lipinski definition) is 0. The third-order valence-electron chi connectivity index (χ3n) is 4.62. The zero-order valence-corrected chi connectivity index (χ0v) is 16.8. The lowest BCUT2D eigenvalue weighted by atomic mass is 10.0. The van der Waals surface area contributed by atoms with Gasteiger partial charge >= 0.3 is 5.97 Å². The fourth-order valence-electron chi connectivity index (χ4n) is 3.06. The number of rotatable bonds is 7. The quantitative estimate of drug-likeness (QED) is 0.410. The molecule has 0 N–H and O–H groups in total. The molecule has 1 aliphatic rings. The lowest BCUT2D eigenvalue weighted by Crippen LogP contribution is -2.34. The first kappa shape index (κ1) is 21.2. The number of esters is 1. The summed E-state index contributed by atoms with van der Waals surface area (Å²) in [5.74, 6) is -1.06. The SMILES string of the molecule is CCN(C(=O)COC(=O)/C(C#N)=C/c1ccc(N(C)C)cc1)C1=CCCCC1. The number of likely N-dealkylation sites (N-methyl/N-ethyl adjacent to an activating group) is 1. The Kier molecular flexibility index (Phi) is 7.82. The van der Waals surface area contributed by atoms with Gasteiger partial charge in [0, 0.05) is 32.0 Å². The van der Waals surface area contributed by atoms with Gasteiger partial charge in [0.1, 0.15) is 11.6 Å². The van der Waals surface area contributed by atoms with E-state index in [1.807, 2.05) is 56.3 Å². The predicted octanol–water partition coefficient (Wildman–Crippen LogP) is 3.51. The molecule has 0 radical (unpaired) electrons. The molecule has 0 aliphatic heterocycles. The van der Waals surface area contributed by atoms with Gasteiger partial charge in [-0.05, 0) is 56.4 Å². The highest BCUT2D eigenvalue weighted by molar-refractivity contribution is 5.99. The largest absolute Gasteiger partial charge is 0.451 e. The van der Waals surface area contributed by atoms with E-state index >= 15 is 0 Å². The molecule has 0 fully saturated rings. The lowest BCUT2D eigenvalue weighted by molar-refractivity contribution is -0.147. The minimum Gasteiger partial charge on any atom is -0.451 e. The van der Waals surface area contributed by atoms with Crippen LogP contribution in [-0.4, -0.2) is 44.0 Å². The average molecular weight is 381 g/mol. The van der Waals surface area contributed by atoms with Crippen molar-refractivity contribution in [3.63, 3.8) is 0 Å². The zero-order valence-electron chi connectivity index (χ0n) is 16.8. The summed E-state index contributed by atoms with van der Waals surface area (Å²) in [6.07, 6.45) is 7.56. The molecule has 1 amide bonds. The number of hydrogen-bond acceptors (Lipinski definition) is 5. The van der Waals surface area contributed by atoms with E-state index < -0.39 is 5.97 Å². The molecular weight excluding hydrogens is 354 g/mol. The van der Waals surface area contributed by atoms with Gasteiger partial charge in [0.25, 0.3) is 5.91 Å². The molecule has 28 heavy (non-hydrogen) atoms. The maximum atomic E-state index is 12.4. The van der Waals surface area contributed by atoms with Crippen LogP contribution in [0.1, 0.15) is 38.2 Å². The predicted molar refractivity (Wildman–Crippen MR) is 109 cm³/mol. The number of carbonyl (C=O) groups is 2. The van der Waals surface area contributed by atoms with Crippen LogP contribution in [-0.2, 0) is 14.3 Å². The van der Waals surface area contributed by atoms with Crippen molar-refractivity contribution in [1.82, 2.24) is 4.90 Å². The molecular formula is C22H27N3O3. The minimum atomic E-state index is -0.791. The Morgan fingerprint density at radius 2 is 1.93 bits per heavy atom. The normalized spacial score (nSPS) is 13.9. The van der Waals surface area contributed by atoms with E-state index in [9.17, 15) is 14.9 Å². The third-order valence-corrected chi connectivity index (χ3v) is 4.62. The molecule has 1 aliphatic carbocycles. The Morgan fingerprint density at radius 3 is 2.46 bits per heavy atom. The number of allylic oxidation sites excluding steroid dienone is 2. The van der Waals surface area contributed by atoms with Crippen molar-refractivity contribution in [2.45, 2.75) is 32.6 Å². The van der Waals surface area contributed by atoms with Crippen molar-refractivity contribution in [1.29, 1.82) is 5.26 Å². The first-order valence-corrected chi connectivity index (χ1v) is 9.52. The summed E-state index contributed by atoms with van der Waals surface area (Å²) >= 11 is 0. The van der Waals surface area contributed by atoms with Gasteiger partial charge in [-0.2, -0.15) is 5.26 Å². The number of carbonyl (C=O) groups excluding carboxylic acids is 2. The Balaban J connectivity index is 2.00. The zero-order chi connectivity index (χ0) is 20.5. The molecule has 0 bridgehead atoms. The molecule has 1 aromatic rings. The molecule has 0 saturated carbocycles. The van der Waals surface area contributed by atoms with Crippen LogP contribution in [0.15, 0.2) is 41.6 Å².